The molecule has 3 nitrogen and oxygen atoms in total. The topological polar surface area (TPSA) is 46.5 Å². The summed E-state index contributed by atoms with van der Waals surface area (Å²) < 4.78 is 7.41. The van der Waals surface area contributed by atoms with E-state index in [1.807, 2.05) is 43.3 Å². The predicted octanol–water partition coefficient (Wildman–Crippen LogP) is 5.20. The summed E-state index contributed by atoms with van der Waals surface area (Å²) in [6.07, 6.45) is 2.63. The second-order valence-corrected chi connectivity index (χ2v) is 6.41. The van der Waals surface area contributed by atoms with Crippen LogP contribution < -0.4 is 4.74 Å². The van der Waals surface area contributed by atoms with E-state index in [0.29, 0.717) is 12.4 Å². The van der Waals surface area contributed by atoms with Crippen LogP contribution in [0.3, 0.4) is 0 Å². The zero-order chi connectivity index (χ0) is 16.1. The molecule has 0 saturated heterocycles. The van der Waals surface area contributed by atoms with Crippen molar-refractivity contribution < 1.29 is 14.6 Å². The van der Waals surface area contributed by atoms with E-state index in [1.165, 1.54) is 11.6 Å². The number of aliphatic carboxylic acids is 1. The first-order chi connectivity index (χ1) is 10.5. The maximum absolute atomic E-state index is 10.6. The standard InChI is InChI=1S/C17H14Br2O3/c1-11-4-2-3-5-13(11)10-22-17-14(18)8-12(9-15(17)19)6-7-16(20)21/h2-9H,10H2,1H3,(H,20,21). The highest BCUT2D eigenvalue weighted by molar-refractivity contribution is 9.11. The Kier molecular flexibility index (Phi) is 5.80. The minimum atomic E-state index is -0.980. The first-order valence-electron chi connectivity index (χ1n) is 6.54. The van der Waals surface area contributed by atoms with E-state index in [9.17, 15) is 4.79 Å². The summed E-state index contributed by atoms with van der Waals surface area (Å²) in [4.78, 5) is 10.6. The minimum Gasteiger partial charge on any atom is -0.487 e. The van der Waals surface area contributed by atoms with Crippen LogP contribution >= 0.6 is 31.9 Å². The molecule has 0 saturated carbocycles. The van der Waals surface area contributed by atoms with Crippen LogP contribution in [-0.2, 0) is 11.4 Å². The summed E-state index contributed by atoms with van der Waals surface area (Å²) in [6.45, 7) is 2.51. The molecular weight excluding hydrogens is 412 g/mol. The third-order valence-corrected chi connectivity index (χ3v) is 4.25. The van der Waals surface area contributed by atoms with Gasteiger partial charge in [0.25, 0.3) is 0 Å². The summed E-state index contributed by atoms with van der Waals surface area (Å²) in [7, 11) is 0. The fraction of sp³-hybridized carbons (Fsp3) is 0.118. The molecule has 0 aliphatic heterocycles. The number of carboxylic acid groups (broad SMARTS) is 1. The van der Waals surface area contributed by atoms with Crippen LogP contribution in [0.2, 0.25) is 0 Å². The Morgan fingerprint density at radius 2 is 1.86 bits per heavy atom. The fourth-order valence-electron chi connectivity index (χ4n) is 1.90. The minimum absolute atomic E-state index is 0.466. The van der Waals surface area contributed by atoms with Crippen molar-refractivity contribution in [3.63, 3.8) is 0 Å². The number of carboxylic acids is 1. The average Bonchev–Trinajstić information content (AvgIpc) is 2.46. The van der Waals surface area contributed by atoms with Crippen LogP contribution in [0, 0.1) is 6.92 Å². The SMILES string of the molecule is Cc1ccccc1COc1c(Br)cc(C=CC(=O)O)cc1Br. The average molecular weight is 426 g/mol. The van der Waals surface area contributed by atoms with Crippen molar-refractivity contribution in [1.82, 2.24) is 0 Å². The Morgan fingerprint density at radius 3 is 2.45 bits per heavy atom. The summed E-state index contributed by atoms with van der Waals surface area (Å²) in [6, 6.07) is 11.7. The molecule has 0 amide bonds. The molecular formula is C17H14Br2O3. The lowest BCUT2D eigenvalue weighted by Crippen LogP contribution is -1.99. The molecule has 22 heavy (non-hydrogen) atoms. The van der Waals surface area contributed by atoms with Crippen LogP contribution in [0.1, 0.15) is 16.7 Å². The Morgan fingerprint density at radius 1 is 1.23 bits per heavy atom. The van der Waals surface area contributed by atoms with Gasteiger partial charge in [-0.15, -0.1) is 0 Å². The molecule has 0 spiro atoms. The molecule has 0 aliphatic carbocycles. The lowest BCUT2D eigenvalue weighted by Gasteiger charge is -2.12. The van der Waals surface area contributed by atoms with Crippen LogP contribution in [-0.4, -0.2) is 11.1 Å². The zero-order valence-corrected chi connectivity index (χ0v) is 15.0. The third kappa shape index (κ3) is 4.45. The van der Waals surface area contributed by atoms with E-state index < -0.39 is 5.97 Å². The quantitative estimate of drug-likeness (QED) is 0.670. The van der Waals surface area contributed by atoms with Crippen LogP contribution in [0.25, 0.3) is 6.08 Å². The van der Waals surface area contributed by atoms with Gasteiger partial charge < -0.3 is 9.84 Å². The number of rotatable bonds is 5. The molecule has 0 unspecified atom stereocenters. The number of carbonyl (C=O) groups is 1. The first kappa shape index (κ1) is 16.8. The summed E-state index contributed by atoms with van der Waals surface area (Å²) in [5.41, 5.74) is 3.07. The molecule has 0 fully saturated rings. The van der Waals surface area contributed by atoms with Gasteiger partial charge in [0, 0.05) is 6.08 Å². The molecule has 1 N–H and O–H groups in total. The van der Waals surface area contributed by atoms with Gasteiger partial charge in [-0.1, -0.05) is 24.3 Å². The van der Waals surface area contributed by atoms with Gasteiger partial charge in [0.2, 0.25) is 0 Å². The van der Waals surface area contributed by atoms with Gasteiger partial charge in [-0.05, 0) is 73.7 Å². The first-order valence-corrected chi connectivity index (χ1v) is 8.13. The lowest BCUT2D eigenvalue weighted by molar-refractivity contribution is -0.131. The number of halogens is 2. The summed E-state index contributed by atoms with van der Waals surface area (Å²) in [5, 5.41) is 8.67. The highest BCUT2D eigenvalue weighted by Crippen LogP contribution is 2.35. The molecule has 114 valence electrons. The zero-order valence-electron chi connectivity index (χ0n) is 11.8. The van der Waals surface area contributed by atoms with Crippen LogP contribution in [0.5, 0.6) is 5.75 Å². The van der Waals surface area contributed by atoms with Crippen molar-refractivity contribution in [3.05, 3.63) is 68.1 Å². The molecule has 5 heteroatoms. The number of ether oxygens (including phenoxy) is 1. The predicted molar refractivity (Wildman–Crippen MR) is 94.0 cm³/mol. The van der Waals surface area contributed by atoms with E-state index in [1.54, 1.807) is 0 Å². The molecule has 2 aromatic carbocycles. The van der Waals surface area contributed by atoms with Gasteiger partial charge >= 0.3 is 5.97 Å². The van der Waals surface area contributed by atoms with E-state index in [4.69, 9.17) is 9.84 Å². The third-order valence-electron chi connectivity index (χ3n) is 3.07. The van der Waals surface area contributed by atoms with Crippen LogP contribution in [0.4, 0.5) is 0 Å². The van der Waals surface area contributed by atoms with Gasteiger partial charge in [0.05, 0.1) is 8.95 Å². The number of hydrogen-bond donors (Lipinski definition) is 1. The normalized spacial score (nSPS) is 10.9. The van der Waals surface area contributed by atoms with E-state index in [0.717, 1.165) is 26.1 Å². The number of hydrogen-bond acceptors (Lipinski definition) is 2. The fourth-order valence-corrected chi connectivity index (χ4v) is 3.35. The molecule has 0 radical (unpaired) electrons. The Hall–Kier alpha value is -1.59. The monoisotopic (exact) mass is 424 g/mol. The van der Waals surface area contributed by atoms with Crippen molar-refractivity contribution in [2.45, 2.75) is 13.5 Å². The van der Waals surface area contributed by atoms with Crippen molar-refractivity contribution in [3.8, 4) is 5.75 Å². The molecule has 0 bridgehead atoms. The Bertz CT molecular complexity index is 701. The Balaban J connectivity index is 2.18. The number of aryl methyl sites for hydroxylation is 1. The van der Waals surface area contributed by atoms with E-state index in [-0.39, 0.29) is 0 Å². The maximum atomic E-state index is 10.6. The number of benzene rings is 2. The van der Waals surface area contributed by atoms with Crippen molar-refractivity contribution in [2.75, 3.05) is 0 Å². The molecule has 0 atom stereocenters. The molecule has 2 rings (SSSR count). The lowest BCUT2D eigenvalue weighted by atomic mass is 10.1. The van der Waals surface area contributed by atoms with Gasteiger partial charge in [-0.25, -0.2) is 4.79 Å². The highest BCUT2D eigenvalue weighted by Gasteiger charge is 2.09. The van der Waals surface area contributed by atoms with Gasteiger partial charge in [-0.3, -0.25) is 0 Å². The largest absolute Gasteiger partial charge is 0.487 e. The summed E-state index contributed by atoms with van der Waals surface area (Å²) >= 11 is 6.92. The van der Waals surface area contributed by atoms with E-state index in [2.05, 4.69) is 31.9 Å². The van der Waals surface area contributed by atoms with Crippen LogP contribution in [0.15, 0.2) is 51.4 Å². The van der Waals surface area contributed by atoms with Crippen molar-refractivity contribution in [2.24, 2.45) is 0 Å². The highest BCUT2D eigenvalue weighted by atomic mass is 79.9. The second-order valence-electron chi connectivity index (χ2n) is 4.70. The van der Waals surface area contributed by atoms with Gasteiger partial charge in [0.1, 0.15) is 12.4 Å². The maximum Gasteiger partial charge on any atom is 0.328 e. The van der Waals surface area contributed by atoms with Crippen molar-refractivity contribution >= 4 is 43.9 Å². The van der Waals surface area contributed by atoms with E-state index >= 15 is 0 Å². The smallest absolute Gasteiger partial charge is 0.328 e. The molecule has 2 aromatic rings. The summed E-state index contributed by atoms with van der Waals surface area (Å²) in [5.74, 6) is -0.289. The molecule has 0 aromatic heterocycles. The Labute approximate surface area is 145 Å². The van der Waals surface area contributed by atoms with Crippen molar-refractivity contribution in [1.29, 1.82) is 0 Å². The molecule has 0 aliphatic rings. The second kappa shape index (κ2) is 7.61. The van der Waals surface area contributed by atoms with Gasteiger partial charge in [-0.2, -0.15) is 0 Å². The van der Waals surface area contributed by atoms with Gasteiger partial charge in [0.15, 0.2) is 0 Å². The molecule has 0 heterocycles.